The highest BCUT2D eigenvalue weighted by molar-refractivity contribution is 5.81. The number of hydrogen-bond acceptors (Lipinski definition) is 5. The molecule has 0 saturated carbocycles. The van der Waals surface area contributed by atoms with E-state index in [0.29, 0.717) is 31.0 Å². The molecule has 1 aromatic carbocycles. The lowest BCUT2D eigenvalue weighted by Crippen LogP contribution is -2.48. The molecule has 1 amide bonds. The monoisotopic (exact) mass is 375 g/mol. The molecule has 1 N–H and O–H groups in total. The van der Waals surface area contributed by atoms with Crippen LogP contribution in [0.5, 0.6) is 0 Å². The number of morpholine rings is 1. The number of ether oxygens (including phenoxy) is 1. The number of carbonyl (C=O) groups excluding carboxylic acids is 1. The summed E-state index contributed by atoms with van der Waals surface area (Å²) in [5, 5.41) is 7.19. The zero-order valence-corrected chi connectivity index (χ0v) is 15.6. The number of nitrogens with one attached hydrogen (secondary N) is 1. The van der Waals surface area contributed by atoms with Crippen molar-refractivity contribution in [3.63, 3.8) is 0 Å². The van der Waals surface area contributed by atoms with E-state index < -0.39 is 0 Å². The molecule has 1 unspecified atom stereocenters. The summed E-state index contributed by atoms with van der Waals surface area (Å²) in [5.41, 5.74) is 1.36. The van der Waals surface area contributed by atoms with Crippen molar-refractivity contribution < 1.29 is 18.4 Å². The van der Waals surface area contributed by atoms with Gasteiger partial charge in [0, 0.05) is 44.7 Å². The molecule has 0 bridgehead atoms. The number of rotatable bonds is 8. The van der Waals surface area contributed by atoms with Crippen LogP contribution in [0.1, 0.15) is 25.0 Å². The third-order valence-corrected chi connectivity index (χ3v) is 4.68. The first-order valence-electron chi connectivity index (χ1n) is 9.42. The molecule has 1 aromatic heterocycles. The molecule has 1 fully saturated rings. The molecule has 3 rings (SSSR count). The van der Waals surface area contributed by atoms with Gasteiger partial charge < -0.3 is 19.5 Å². The van der Waals surface area contributed by atoms with Gasteiger partial charge in [-0.3, -0.25) is 4.79 Å². The number of carbonyl (C=O) groups is 1. The summed E-state index contributed by atoms with van der Waals surface area (Å²) in [6, 6.07) is 8.18. The summed E-state index contributed by atoms with van der Waals surface area (Å²) in [5.74, 6) is 0.544. The molecule has 7 heteroatoms. The topological polar surface area (TPSA) is 67.6 Å². The lowest BCUT2D eigenvalue weighted by molar-refractivity contribution is -0.143. The van der Waals surface area contributed by atoms with Crippen LogP contribution in [0.15, 0.2) is 34.9 Å². The fourth-order valence-corrected chi connectivity index (χ4v) is 3.12. The van der Waals surface area contributed by atoms with Crippen molar-refractivity contribution in [1.29, 1.82) is 0 Å². The Labute approximate surface area is 158 Å². The first-order valence-corrected chi connectivity index (χ1v) is 9.42. The van der Waals surface area contributed by atoms with E-state index in [1.807, 2.05) is 19.2 Å². The van der Waals surface area contributed by atoms with E-state index in [4.69, 9.17) is 9.26 Å². The van der Waals surface area contributed by atoms with Crippen molar-refractivity contribution in [3.8, 4) is 11.3 Å². The van der Waals surface area contributed by atoms with Gasteiger partial charge >= 0.3 is 0 Å². The number of halogens is 1. The van der Waals surface area contributed by atoms with Crippen molar-refractivity contribution in [2.75, 3.05) is 33.3 Å². The number of unbranched alkanes of at least 4 members (excludes halogenated alkanes) is 2. The Bertz CT molecular complexity index is 744. The Kier molecular flexibility index (Phi) is 6.95. The maximum absolute atomic E-state index is 13.3. The lowest BCUT2D eigenvalue weighted by Gasteiger charge is -2.27. The van der Waals surface area contributed by atoms with Crippen molar-refractivity contribution in [2.24, 2.45) is 0 Å². The Morgan fingerprint density at radius 1 is 1.33 bits per heavy atom. The molecule has 0 radical (unpaired) electrons. The minimum absolute atomic E-state index is 0.0390. The van der Waals surface area contributed by atoms with Crippen molar-refractivity contribution >= 4 is 5.91 Å². The van der Waals surface area contributed by atoms with Gasteiger partial charge in [0.15, 0.2) is 0 Å². The first-order chi connectivity index (χ1) is 13.1. The quantitative estimate of drug-likeness (QED) is 0.719. The SMILES string of the molecule is CN(CCCCCc1cc(-c2cccc(F)c2)no1)C(=O)C1CNCCO1. The van der Waals surface area contributed by atoms with Gasteiger partial charge in [-0.2, -0.15) is 0 Å². The van der Waals surface area contributed by atoms with Gasteiger partial charge in [-0.15, -0.1) is 0 Å². The number of hydrogen-bond donors (Lipinski definition) is 1. The Morgan fingerprint density at radius 3 is 3.00 bits per heavy atom. The number of nitrogens with zero attached hydrogens (tertiary/aromatic N) is 2. The maximum Gasteiger partial charge on any atom is 0.252 e. The van der Waals surface area contributed by atoms with Crippen LogP contribution in [-0.2, 0) is 16.0 Å². The van der Waals surface area contributed by atoms with Crippen LogP contribution in [0.4, 0.5) is 4.39 Å². The predicted octanol–water partition coefficient (Wildman–Crippen LogP) is 2.64. The largest absolute Gasteiger partial charge is 0.366 e. The number of aryl methyl sites for hydroxylation is 1. The van der Waals surface area contributed by atoms with Crippen LogP contribution >= 0.6 is 0 Å². The predicted molar refractivity (Wildman–Crippen MR) is 99.7 cm³/mol. The summed E-state index contributed by atoms with van der Waals surface area (Å²) in [6.45, 7) is 2.68. The van der Waals surface area contributed by atoms with E-state index in [2.05, 4.69) is 10.5 Å². The van der Waals surface area contributed by atoms with Crippen LogP contribution < -0.4 is 5.32 Å². The van der Waals surface area contributed by atoms with E-state index in [0.717, 1.165) is 38.0 Å². The minimum Gasteiger partial charge on any atom is -0.366 e. The molecule has 0 aliphatic carbocycles. The van der Waals surface area contributed by atoms with E-state index >= 15 is 0 Å². The lowest BCUT2D eigenvalue weighted by atomic mass is 10.1. The number of likely N-dealkylation sites (N-methyl/N-ethyl adjacent to an activating group) is 1. The van der Waals surface area contributed by atoms with Crippen molar-refractivity contribution in [2.45, 2.75) is 31.8 Å². The molecule has 27 heavy (non-hydrogen) atoms. The smallest absolute Gasteiger partial charge is 0.252 e. The highest BCUT2D eigenvalue weighted by Crippen LogP contribution is 2.21. The number of aromatic nitrogens is 1. The number of benzene rings is 1. The second-order valence-corrected chi connectivity index (χ2v) is 6.82. The number of amides is 1. The standard InChI is InChI=1S/C20H26FN3O3/c1-24(20(25)19-14-22-9-11-26-19)10-4-2-3-8-17-13-18(23-27-17)15-6-5-7-16(21)12-15/h5-7,12-13,19,22H,2-4,8-11,14H2,1H3. The normalized spacial score (nSPS) is 17.0. The van der Waals surface area contributed by atoms with Gasteiger partial charge in [-0.1, -0.05) is 23.7 Å². The van der Waals surface area contributed by atoms with Gasteiger partial charge in [0.25, 0.3) is 5.91 Å². The summed E-state index contributed by atoms with van der Waals surface area (Å²) < 4.78 is 24.1. The Hall–Kier alpha value is -2.25. The van der Waals surface area contributed by atoms with Gasteiger partial charge in [0.2, 0.25) is 0 Å². The first kappa shape index (κ1) is 19.5. The fraction of sp³-hybridized carbons (Fsp3) is 0.500. The summed E-state index contributed by atoms with van der Waals surface area (Å²) in [4.78, 5) is 14.0. The van der Waals surface area contributed by atoms with Crippen molar-refractivity contribution in [1.82, 2.24) is 15.4 Å². The summed E-state index contributed by atoms with van der Waals surface area (Å²) in [7, 11) is 1.82. The summed E-state index contributed by atoms with van der Waals surface area (Å²) in [6.07, 6.45) is 3.26. The third kappa shape index (κ3) is 5.61. The molecule has 1 saturated heterocycles. The van der Waals surface area contributed by atoms with Crippen LogP contribution in [-0.4, -0.2) is 55.4 Å². The molecule has 6 nitrogen and oxygen atoms in total. The van der Waals surface area contributed by atoms with E-state index in [1.165, 1.54) is 12.1 Å². The molecular weight excluding hydrogens is 349 g/mol. The molecule has 2 aromatic rings. The van der Waals surface area contributed by atoms with Crippen molar-refractivity contribution in [3.05, 3.63) is 41.9 Å². The zero-order chi connectivity index (χ0) is 19.1. The van der Waals surface area contributed by atoms with Crippen LogP contribution in [0.25, 0.3) is 11.3 Å². The highest BCUT2D eigenvalue weighted by atomic mass is 19.1. The molecule has 1 aliphatic heterocycles. The molecule has 2 heterocycles. The van der Waals surface area contributed by atoms with Crippen LogP contribution in [0, 0.1) is 5.82 Å². The Morgan fingerprint density at radius 2 is 2.22 bits per heavy atom. The molecule has 0 spiro atoms. The molecule has 1 atom stereocenters. The molecule has 146 valence electrons. The fourth-order valence-electron chi connectivity index (χ4n) is 3.12. The van der Waals surface area contributed by atoms with Gasteiger partial charge in [0.05, 0.1) is 6.61 Å². The Balaban J connectivity index is 1.36. The minimum atomic E-state index is -0.362. The van der Waals surface area contributed by atoms with Gasteiger partial charge in [-0.25, -0.2) is 4.39 Å². The van der Waals surface area contributed by atoms with Gasteiger partial charge in [0.1, 0.15) is 23.4 Å². The summed E-state index contributed by atoms with van der Waals surface area (Å²) >= 11 is 0. The average Bonchev–Trinajstić information content (AvgIpc) is 3.16. The second-order valence-electron chi connectivity index (χ2n) is 6.82. The van der Waals surface area contributed by atoms with Crippen LogP contribution in [0.3, 0.4) is 0 Å². The van der Waals surface area contributed by atoms with E-state index in [9.17, 15) is 9.18 Å². The zero-order valence-electron chi connectivity index (χ0n) is 15.6. The third-order valence-electron chi connectivity index (χ3n) is 4.68. The highest BCUT2D eigenvalue weighted by Gasteiger charge is 2.24. The van der Waals surface area contributed by atoms with Gasteiger partial charge in [-0.05, 0) is 25.0 Å². The second kappa shape index (κ2) is 9.62. The maximum atomic E-state index is 13.3. The van der Waals surface area contributed by atoms with E-state index in [-0.39, 0.29) is 17.8 Å². The van der Waals surface area contributed by atoms with Crippen LogP contribution in [0.2, 0.25) is 0 Å². The van der Waals surface area contributed by atoms with E-state index in [1.54, 1.807) is 11.0 Å². The molecule has 1 aliphatic rings. The average molecular weight is 375 g/mol. The molecular formula is C20H26FN3O3.